The molecule has 1 aliphatic heterocycles. The van der Waals surface area contributed by atoms with Gasteiger partial charge < -0.3 is 4.74 Å². The fourth-order valence-electron chi connectivity index (χ4n) is 2.48. The van der Waals surface area contributed by atoms with E-state index in [1.54, 1.807) is 12.0 Å². The minimum absolute atomic E-state index is 0.0114. The van der Waals surface area contributed by atoms with E-state index >= 15 is 0 Å². The van der Waals surface area contributed by atoms with Gasteiger partial charge in [0, 0.05) is 6.54 Å². The van der Waals surface area contributed by atoms with Gasteiger partial charge >= 0.3 is 0 Å². The summed E-state index contributed by atoms with van der Waals surface area (Å²) in [5.41, 5.74) is 1.82. The normalized spacial score (nSPS) is 17.5. The second-order valence-electron chi connectivity index (χ2n) is 5.57. The largest absolute Gasteiger partial charge is 0.497 e. The Morgan fingerprint density at radius 1 is 1.12 bits per heavy atom. The maximum absolute atomic E-state index is 12.8. The van der Waals surface area contributed by atoms with Crippen molar-refractivity contribution in [3.8, 4) is 5.75 Å². The lowest BCUT2D eigenvalue weighted by Gasteiger charge is -2.13. The van der Waals surface area contributed by atoms with E-state index in [0.717, 1.165) is 28.6 Å². The van der Waals surface area contributed by atoms with Crippen molar-refractivity contribution >= 4 is 34.6 Å². The van der Waals surface area contributed by atoms with Crippen molar-refractivity contribution in [2.45, 2.75) is 13.3 Å². The summed E-state index contributed by atoms with van der Waals surface area (Å²) in [5.74, 6) is 0.809. The summed E-state index contributed by atoms with van der Waals surface area (Å²) in [6.07, 6.45) is 2.79. The highest BCUT2D eigenvalue weighted by atomic mass is 32.2. The van der Waals surface area contributed by atoms with Gasteiger partial charge in [-0.15, -0.1) is 0 Å². The zero-order chi connectivity index (χ0) is 17.6. The van der Waals surface area contributed by atoms with Gasteiger partial charge in [-0.25, -0.2) is 4.99 Å². The first kappa shape index (κ1) is 17.3. The second-order valence-corrected chi connectivity index (χ2v) is 6.58. The first-order chi connectivity index (χ1) is 12.2. The molecule has 1 fully saturated rings. The molecule has 2 aromatic carbocycles. The summed E-state index contributed by atoms with van der Waals surface area (Å²) in [6.45, 7) is 2.72. The van der Waals surface area contributed by atoms with Gasteiger partial charge in [0.15, 0.2) is 5.17 Å². The van der Waals surface area contributed by atoms with Gasteiger partial charge in [0.05, 0.1) is 17.7 Å². The quantitative estimate of drug-likeness (QED) is 0.732. The van der Waals surface area contributed by atoms with Gasteiger partial charge in [-0.3, -0.25) is 9.69 Å². The Labute approximate surface area is 152 Å². The number of carbonyl (C=O) groups excluding carboxylic acids is 1. The Hall–Kier alpha value is -2.53. The Balaban J connectivity index is 1.89. The minimum atomic E-state index is 0.0114. The van der Waals surface area contributed by atoms with Crippen LogP contribution in [0.5, 0.6) is 5.75 Å². The van der Waals surface area contributed by atoms with Crippen LogP contribution in [0.25, 0.3) is 6.08 Å². The molecule has 2 aromatic rings. The molecule has 5 heteroatoms. The van der Waals surface area contributed by atoms with Crippen LogP contribution in [0.1, 0.15) is 18.9 Å². The third kappa shape index (κ3) is 4.12. The minimum Gasteiger partial charge on any atom is -0.497 e. The van der Waals surface area contributed by atoms with Crippen molar-refractivity contribution in [3.05, 3.63) is 65.1 Å². The number of hydrogen-bond donors (Lipinski definition) is 0. The van der Waals surface area contributed by atoms with E-state index in [4.69, 9.17) is 4.74 Å². The van der Waals surface area contributed by atoms with Crippen molar-refractivity contribution in [2.24, 2.45) is 4.99 Å². The highest BCUT2D eigenvalue weighted by Gasteiger charge is 2.32. The molecule has 0 radical (unpaired) electrons. The van der Waals surface area contributed by atoms with Crippen LogP contribution in [0.4, 0.5) is 5.69 Å². The summed E-state index contributed by atoms with van der Waals surface area (Å²) in [6, 6.07) is 17.4. The molecule has 4 nitrogen and oxygen atoms in total. The van der Waals surface area contributed by atoms with Gasteiger partial charge in [0.2, 0.25) is 0 Å². The molecule has 0 bridgehead atoms. The summed E-state index contributed by atoms with van der Waals surface area (Å²) < 4.78 is 5.17. The van der Waals surface area contributed by atoms with E-state index in [-0.39, 0.29) is 5.91 Å². The first-order valence-corrected chi connectivity index (χ1v) is 9.02. The molecule has 0 atom stereocenters. The summed E-state index contributed by atoms with van der Waals surface area (Å²) >= 11 is 1.42. The Morgan fingerprint density at radius 3 is 2.48 bits per heavy atom. The van der Waals surface area contributed by atoms with Crippen molar-refractivity contribution in [1.29, 1.82) is 0 Å². The van der Waals surface area contributed by atoms with E-state index in [1.807, 2.05) is 60.7 Å². The van der Waals surface area contributed by atoms with E-state index < -0.39 is 0 Å². The predicted octanol–water partition coefficient (Wildman–Crippen LogP) is 4.71. The average Bonchev–Trinajstić information content (AvgIpc) is 2.92. The van der Waals surface area contributed by atoms with E-state index in [0.29, 0.717) is 11.4 Å². The number of amides is 1. The molecular weight excluding hydrogens is 332 g/mol. The van der Waals surface area contributed by atoms with Crippen LogP contribution in [0.15, 0.2) is 64.5 Å². The summed E-state index contributed by atoms with van der Waals surface area (Å²) in [5, 5.41) is 0.734. The number of methoxy groups -OCH3 is 1. The van der Waals surface area contributed by atoms with Crippen molar-refractivity contribution in [1.82, 2.24) is 4.90 Å². The lowest BCUT2D eigenvalue weighted by molar-refractivity contribution is -0.122. The van der Waals surface area contributed by atoms with Crippen LogP contribution < -0.4 is 4.74 Å². The summed E-state index contributed by atoms with van der Waals surface area (Å²) in [7, 11) is 1.64. The van der Waals surface area contributed by atoms with Gasteiger partial charge in [0.1, 0.15) is 5.75 Å². The number of para-hydroxylation sites is 1. The number of nitrogens with zero attached hydrogens (tertiary/aromatic N) is 2. The molecule has 25 heavy (non-hydrogen) atoms. The molecule has 0 unspecified atom stereocenters. The predicted molar refractivity (Wildman–Crippen MR) is 104 cm³/mol. The number of rotatable bonds is 5. The van der Waals surface area contributed by atoms with Gasteiger partial charge in [-0.05, 0) is 54.1 Å². The van der Waals surface area contributed by atoms with Crippen LogP contribution in [-0.2, 0) is 4.79 Å². The third-order valence-corrected chi connectivity index (χ3v) is 4.74. The molecule has 0 aliphatic carbocycles. The number of benzene rings is 2. The average molecular weight is 352 g/mol. The van der Waals surface area contributed by atoms with Crippen LogP contribution >= 0.6 is 11.8 Å². The first-order valence-electron chi connectivity index (χ1n) is 8.20. The van der Waals surface area contributed by atoms with Gasteiger partial charge in [-0.1, -0.05) is 37.3 Å². The number of amidine groups is 1. The Morgan fingerprint density at radius 2 is 1.84 bits per heavy atom. The molecule has 1 heterocycles. The van der Waals surface area contributed by atoms with E-state index in [9.17, 15) is 4.79 Å². The maximum atomic E-state index is 12.8. The number of ether oxygens (including phenoxy) is 1. The topological polar surface area (TPSA) is 41.9 Å². The van der Waals surface area contributed by atoms with Crippen LogP contribution in [0, 0.1) is 0 Å². The monoisotopic (exact) mass is 352 g/mol. The molecule has 1 saturated heterocycles. The molecule has 0 N–H and O–H groups in total. The third-order valence-electron chi connectivity index (χ3n) is 3.73. The second kappa shape index (κ2) is 8.03. The zero-order valence-corrected chi connectivity index (χ0v) is 15.1. The van der Waals surface area contributed by atoms with Crippen LogP contribution in [-0.4, -0.2) is 29.6 Å². The van der Waals surface area contributed by atoms with Gasteiger partial charge in [-0.2, -0.15) is 0 Å². The fraction of sp³-hybridized carbons (Fsp3) is 0.200. The molecule has 3 rings (SSSR count). The number of carbonyl (C=O) groups is 1. The highest BCUT2D eigenvalue weighted by Crippen LogP contribution is 2.34. The molecule has 1 aliphatic rings. The lowest BCUT2D eigenvalue weighted by Crippen LogP contribution is -2.29. The Kier molecular flexibility index (Phi) is 5.56. The molecule has 0 saturated carbocycles. The van der Waals surface area contributed by atoms with Crippen molar-refractivity contribution in [3.63, 3.8) is 0 Å². The van der Waals surface area contributed by atoms with E-state index in [1.165, 1.54) is 11.8 Å². The van der Waals surface area contributed by atoms with Crippen LogP contribution in [0.3, 0.4) is 0 Å². The number of thioether (sulfide) groups is 1. The molecule has 0 aromatic heterocycles. The van der Waals surface area contributed by atoms with Gasteiger partial charge in [0.25, 0.3) is 5.91 Å². The van der Waals surface area contributed by atoms with Crippen LogP contribution in [0.2, 0.25) is 0 Å². The number of aliphatic imine (C=N–C) groups is 1. The SMILES string of the molecule is CCCN1C(=O)/C(=C/c2ccc(OC)cc2)SC1=Nc1ccccc1. The lowest BCUT2D eigenvalue weighted by atomic mass is 10.2. The molecule has 1 amide bonds. The zero-order valence-electron chi connectivity index (χ0n) is 14.3. The Bertz CT molecular complexity index is 798. The highest BCUT2D eigenvalue weighted by molar-refractivity contribution is 8.18. The smallest absolute Gasteiger partial charge is 0.266 e. The van der Waals surface area contributed by atoms with E-state index in [2.05, 4.69) is 11.9 Å². The molecule has 128 valence electrons. The number of hydrogen-bond acceptors (Lipinski definition) is 4. The standard InChI is InChI=1S/C20H20N2O2S/c1-3-13-22-19(23)18(14-15-9-11-17(24-2)12-10-15)25-20(22)21-16-7-5-4-6-8-16/h4-12,14H,3,13H2,1-2H3/b18-14-,21-20?. The summed E-state index contributed by atoms with van der Waals surface area (Å²) in [4.78, 5) is 19.9. The molecular formula is C20H20N2O2S. The maximum Gasteiger partial charge on any atom is 0.266 e. The fourth-order valence-corrected chi connectivity index (χ4v) is 3.50. The van der Waals surface area contributed by atoms with Crippen molar-refractivity contribution < 1.29 is 9.53 Å². The molecule has 0 spiro atoms. The van der Waals surface area contributed by atoms with Crippen molar-refractivity contribution in [2.75, 3.05) is 13.7 Å².